The first-order chi connectivity index (χ1) is 13.9. The molecule has 2 fully saturated rings. The van der Waals surface area contributed by atoms with Crippen LogP contribution < -0.4 is 5.32 Å². The summed E-state index contributed by atoms with van der Waals surface area (Å²) in [6.07, 6.45) is 2.44. The molecule has 154 valence electrons. The second-order valence-electron chi connectivity index (χ2n) is 8.55. The number of aryl methyl sites for hydroxylation is 1. The van der Waals surface area contributed by atoms with E-state index in [0.29, 0.717) is 5.02 Å². The van der Waals surface area contributed by atoms with Gasteiger partial charge in [0.1, 0.15) is 0 Å². The lowest BCUT2D eigenvalue weighted by Gasteiger charge is -2.47. The van der Waals surface area contributed by atoms with Gasteiger partial charge in [-0.3, -0.25) is 4.79 Å². The predicted molar refractivity (Wildman–Crippen MR) is 118 cm³/mol. The number of hydrogen-bond acceptors (Lipinski definition) is 2. The number of halogens is 2. The van der Waals surface area contributed by atoms with E-state index < -0.39 is 5.41 Å². The predicted octanol–water partition coefficient (Wildman–Crippen LogP) is 5.47. The summed E-state index contributed by atoms with van der Waals surface area (Å²) in [5.41, 5.74) is 2.95. The van der Waals surface area contributed by atoms with E-state index in [2.05, 4.69) is 36.5 Å². The first kappa shape index (κ1) is 20.7. The molecule has 0 bridgehead atoms. The first-order valence-corrected chi connectivity index (χ1v) is 11.1. The molecule has 5 heteroatoms. The maximum absolute atomic E-state index is 13.0. The van der Waals surface area contributed by atoms with Crippen molar-refractivity contribution in [2.75, 3.05) is 6.61 Å². The normalized spacial score (nSPS) is 31.4. The Morgan fingerprint density at radius 3 is 2.52 bits per heavy atom. The van der Waals surface area contributed by atoms with Crippen molar-refractivity contribution in [1.82, 2.24) is 5.32 Å². The van der Waals surface area contributed by atoms with E-state index in [1.165, 1.54) is 0 Å². The number of carbonyl (C=O) groups excluding carboxylic acids is 1. The SMILES string of the molecule is CC[C@@]12CC[C@@H](c3ccc(C)cc3Cl)C(c3ccc(Cl)cc3)[C@@H]1[C@@H](CO)NC2=O. The van der Waals surface area contributed by atoms with E-state index in [9.17, 15) is 9.90 Å². The van der Waals surface area contributed by atoms with Gasteiger partial charge in [0.15, 0.2) is 0 Å². The molecule has 4 rings (SSSR count). The standard InChI is InChI=1S/C24H27Cl2NO2/c1-3-24-11-10-18(17-9-4-14(2)12-19(17)26)21(15-5-7-16(25)8-6-15)22(24)20(13-28)27-23(24)29/h4-9,12,18,20-22,28H,3,10-11,13H2,1-2H3,(H,27,29)/t18-,20+,21?,22-,24+/m0/s1. The number of benzene rings is 2. The molecule has 3 nitrogen and oxygen atoms in total. The van der Waals surface area contributed by atoms with E-state index in [-0.39, 0.29) is 36.3 Å². The van der Waals surface area contributed by atoms with Gasteiger partial charge in [-0.25, -0.2) is 0 Å². The molecular formula is C24H27Cl2NO2. The van der Waals surface area contributed by atoms with Gasteiger partial charge in [-0.2, -0.15) is 0 Å². The van der Waals surface area contributed by atoms with Gasteiger partial charge in [-0.1, -0.05) is 54.4 Å². The van der Waals surface area contributed by atoms with E-state index in [0.717, 1.165) is 41.0 Å². The second-order valence-corrected chi connectivity index (χ2v) is 9.39. The summed E-state index contributed by atoms with van der Waals surface area (Å²) < 4.78 is 0. The molecule has 1 saturated carbocycles. The molecule has 1 heterocycles. The van der Waals surface area contributed by atoms with Gasteiger partial charge in [0.2, 0.25) is 5.91 Å². The van der Waals surface area contributed by atoms with Crippen LogP contribution in [0.2, 0.25) is 10.0 Å². The molecule has 0 aromatic heterocycles. The van der Waals surface area contributed by atoms with Gasteiger partial charge in [-0.05, 0) is 72.9 Å². The van der Waals surface area contributed by atoms with Gasteiger partial charge in [-0.15, -0.1) is 0 Å². The monoisotopic (exact) mass is 431 g/mol. The molecule has 2 aliphatic rings. The Balaban J connectivity index is 1.88. The third kappa shape index (κ3) is 3.37. The average molecular weight is 432 g/mol. The largest absolute Gasteiger partial charge is 0.394 e. The fraction of sp³-hybridized carbons (Fsp3) is 0.458. The van der Waals surface area contributed by atoms with Crippen molar-refractivity contribution in [3.8, 4) is 0 Å². The number of hydrogen-bond donors (Lipinski definition) is 2. The van der Waals surface area contributed by atoms with Crippen LogP contribution >= 0.6 is 23.2 Å². The van der Waals surface area contributed by atoms with Crippen molar-refractivity contribution in [1.29, 1.82) is 0 Å². The Morgan fingerprint density at radius 1 is 1.17 bits per heavy atom. The molecule has 1 aliphatic carbocycles. The number of aliphatic hydroxyl groups is 1. The molecule has 1 aliphatic heterocycles. The minimum Gasteiger partial charge on any atom is -0.394 e. The Morgan fingerprint density at radius 2 is 1.90 bits per heavy atom. The highest BCUT2D eigenvalue weighted by molar-refractivity contribution is 6.31. The number of carbonyl (C=O) groups is 1. The van der Waals surface area contributed by atoms with Crippen molar-refractivity contribution in [2.24, 2.45) is 11.3 Å². The maximum Gasteiger partial charge on any atom is 0.226 e. The van der Waals surface area contributed by atoms with Crippen LogP contribution in [0.3, 0.4) is 0 Å². The number of rotatable bonds is 4. The molecule has 2 N–H and O–H groups in total. The van der Waals surface area contributed by atoms with Crippen LogP contribution in [0, 0.1) is 18.3 Å². The third-order valence-corrected chi connectivity index (χ3v) is 7.78. The summed E-state index contributed by atoms with van der Waals surface area (Å²) >= 11 is 12.9. The Labute approximate surface area is 182 Å². The fourth-order valence-corrected chi connectivity index (χ4v) is 6.30. The molecule has 29 heavy (non-hydrogen) atoms. The van der Waals surface area contributed by atoms with E-state index in [1.807, 2.05) is 25.1 Å². The summed E-state index contributed by atoms with van der Waals surface area (Å²) in [7, 11) is 0. The lowest BCUT2D eigenvalue weighted by Crippen LogP contribution is -2.45. The molecule has 5 atom stereocenters. The van der Waals surface area contributed by atoms with E-state index in [1.54, 1.807) is 0 Å². The number of aliphatic hydroxyl groups excluding tert-OH is 1. The zero-order chi connectivity index (χ0) is 20.8. The molecule has 2 aromatic carbocycles. The highest BCUT2D eigenvalue weighted by atomic mass is 35.5. The van der Waals surface area contributed by atoms with Crippen LogP contribution in [0.1, 0.15) is 54.7 Å². The highest BCUT2D eigenvalue weighted by Crippen LogP contribution is 2.60. The zero-order valence-corrected chi connectivity index (χ0v) is 18.3. The topological polar surface area (TPSA) is 49.3 Å². The Hall–Kier alpha value is -1.55. The van der Waals surface area contributed by atoms with E-state index >= 15 is 0 Å². The van der Waals surface area contributed by atoms with Gasteiger partial charge in [0.05, 0.1) is 18.1 Å². The smallest absolute Gasteiger partial charge is 0.226 e. The minimum absolute atomic E-state index is 0.00213. The fourth-order valence-electron chi connectivity index (χ4n) is 5.79. The van der Waals surface area contributed by atoms with Crippen molar-refractivity contribution >= 4 is 29.1 Å². The van der Waals surface area contributed by atoms with Crippen LogP contribution in [0.25, 0.3) is 0 Å². The lowest BCUT2D eigenvalue weighted by atomic mass is 9.54. The van der Waals surface area contributed by atoms with Gasteiger partial charge < -0.3 is 10.4 Å². The number of amides is 1. The van der Waals surface area contributed by atoms with Gasteiger partial charge >= 0.3 is 0 Å². The first-order valence-electron chi connectivity index (χ1n) is 10.3. The van der Waals surface area contributed by atoms with Crippen LogP contribution in [0.15, 0.2) is 42.5 Å². The molecule has 2 aromatic rings. The van der Waals surface area contributed by atoms with Crippen LogP contribution in [-0.4, -0.2) is 23.7 Å². The van der Waals surface area contributed by atoms with Crippen molar-refractivity contribution < 1.29 is 9.90 Å². The molecule has 1 saturated heterocycles. The van der Waals surface area contributed by atoms with E-state index in [4.69, 9.17) is 23.2 Å². The summed E-state index contributed by atoms with van der Waals surface area (Å²) in [4.78, 5) is 13.0. The molecule has 1 amide bonds. The molecule has 1 unspecified atom stereocenters. The number of fused-ring (bicyclic) bond motifs is 1. The van der Waals surface area contributed by atoms with Crippen LogP contribution in [0.5, 0.6) is 0 Å². The minimum atomic E-state index is -0.453. The molecule has 0 radical (unpaired) electrons. The second kappa shape index (κ2) is 7.94. The maximum atomic E-state index is 13.0. The molecule has 0 spiro atoms. The Bertz CT molecular complexity index is 914. The number of nitrogens with one attached hydrogen (secondary N) is 1. The van der Waals surface area contributed by atoms with Gasteiger partial charge in [0, 0.05) is 16.0 Å². The lowest BCUT2D eigenvalue weighted by molar-refractivity contribution is -0.131. The summed E-state index contributed by atoms with van der Waals surface area (Å²) in [6, 6.07) is 13.9. The average Bonchev–Trinajstić information content (AvgIpc) is 3.00. The quantitative estimate of drug-likeness (QED) is 0.674. The van der Waals surface area contributed by atoms with Crippen molar-refractivity contribution in [2.45, 2.75) is 51.0 Å². The zero-order valence-electron chi connectivity index (χ0n) is 16.8. The van der Waals surface area contributed by atoms with Gasteiger partial charge in [0.25, 0.3) is 0 Å². The van der Waals surface area contributed by atoms with Crippen molar-refractivity contribution in [3.63, 3.8) is 0 Å². The summed E-state index contributed by atoms with van der Waals surface area (Å²) in [6.45, 7) is 4.07. The molecular weight excluding hydrogens is 405 g/mol. The highest BCUT2D eigenvalue weighted by Gasteiger charge is 2.60. The Kier molecular flexibility index (Phi) is 5.67. The summed E-state index contributed by atoms with van der Waals surface area (Å²) in [5, 5.41) is 14.7. The van der Waals surface area contributed by atoms with Crippen LogP contribution in [0.4, 0.5) is 0 Å². The van der Waals surface area contributed by atoms with Crippen LogP contribution in [-0.2, 0) is 4.79 Å². The summed E-state index contributed by atoms with van der Waals surface area (Å²) in [5.74, 6) is 0.326. The van der Waals surface area contributed by atoms with Crippen molar-refractivity contribution in [3.05, 3.63) is 69.2 Å². The third-order valence-electron chi connectivity index (χ3n) is 7.20.